The molecule has 0 radical (unpaired) electrons. The maximum Gasteiger partial charge on any atom is 0.417 e. The molecule has 1 heterocycles. The molecule has 0 saturated heterocycles. The van der Waals surface area contributed by atoms with Gasteiger partial charge in [0, 0.05) is 31.5 Å². The van der Waals surface area contributed by atoms with E-state index in [1.54, 1.807) is 6.07 Å². The van der Waals surface area contributed by atoms with Gasteiger partial charge in [0.15, 0.2) is 0 Å². The Morgan fingerprint density at radius 2 is 2.07 bits per heavy atom. The highest BCUT2D eigenvalue weighted by Crippen LogP contribution is 2.32. The summed E-state index contributed by atoms with van der Waals surface area (Å²) in [7, 11) is 0. The summed E-state index contributed by atoms with van der Waals surface area (Å²) in [5.41, 5.74) is 0.652. The highest BCUT2D eigenvalue weighted by Gasteiger charge is 2.31. The largest absolute Gasteiger partial charge is 0.417 e. The molecule has 1 amide bonds. The molecular formula is C18H19ClF3N3O2. The van der Waals surface area contributed by atoms with E-state index in [2.05, 4.69) is 15.6 Å². The molecule has 1 aromatic carbocycles. The van der Waals surface area contributed by atoms with E-state index >= 15 is 0 Å². The first-order valence-corrected chi connectivity index (χ1v) is 8.60. The van der Waals surface area contributed by atoms with Crippen molar-refractivity contribution in [2.45, 2.75) is 26.1 Å². The van der Waals surface area contributed by atoms with E-state index < -0.39 is 11.7 Å². The van der Waals surface area contributed by atoms with Crippen LogP contribution in [0.4, 0.5) is 24.7 Å². The van der Waals surface area contributed by atoms with Crippen molar-refractivity contribution in [3.05, 3.63) is 52.7 Å². The van der Waals surface area contributed by atoms with Crippen molar-refractivity contribution in [1.82, 2.24) is 4.98 Å². The van der Waals surface area contributed by atoms with Gasteiger partial charge in [-0.05, 0) is 30.7 Å². The molecule has 0 bridgehead atoms. The average Bonchev–Trinajstić information content (AvgIpc) is 2.60. The predicted octanol–water partition coefficient (Wildman–Crippen LogP) is 4.73. The second kappa shape index (κ2) is 9.57. The first kappa shape index (κ1) is 21.0. The molecule has 0 spiro atoms. The summed E-state index contributed by atoms with van der Waals surface area (Å²) in [5.74, 6) is -0.157. The Hall–Kier alpha value is -2.32. The predicted molar refractivity (Wildman–Crippen MR) is 97.8 cm³/mol. The van der Waals surface area contributed by atoms with Crippen LogP contribution < -0.4 is 10.6 Å². The topological polar surface area (TPSA) is 63.2 Å². The van der Waals surface area contributed by atoms with Crippen LogP contribution in [-0.2, 0) is 22.3 Å². The zero-order valence-electron chi connectivity index (χ0n) is 14.6. The summed E-state index contributed by atoms with van der Waals surface area (Å²) >= 11 is 5.80. The van der Waals surface area contributed by atoms with Gasteiger partial charge in [-0.2, -0.15) is 13.2 Å². The van der Waals surface area contributed by atoms with E-state index in [0.29, 0.717) is 25.1 Å². The van der Waals surface area contributed by atoms with E-state index in [9.17, 15) is 18.0 Å². The van der Waals surface area contributed by atoms with Gasteiger partial charge in [0.2, 0.25) is 5.91 Å². The van der Waals surface area contributed by atoms with Gasteiger partial charge in [-0.15, -0.1) is 0 Å². The van der Waals surface area contributed by atoms with E-state index in [1.807, 2.05) is 25.1 Å². The summed E-state index contributed by atoms with van der Waals surface area (Å²) in [4.78, 5) is 15.7. The molecule has 0 aliphatic heterocycles. The highest BCUT2D eigenvalue weighted by atomic mass is 35.5. The van der Waals surface area contributed by atoms with Crippen molar-refractivity contribution >= 4 is 29.0 Å². The number of carbonyl (C=O) groups is 1. The van der Waals surface area contributed by atoms with Gasteiger partial charge < -0.3 is 15.4 Å². The molecule has 146 valence electrons. The summed E-state index contributed by atoms with van der Waals surface area (Å²) < 4.78 is 43.1. The third-order valence-electron chi connectivity index (χ3n) is 3.50. The zero-order valence-corrected chi connectivity index (χ0v) is 15.3. The average molecular weight is 402 g/mol. The van der Waals surface area contributed by atoms with Crippen LogP contribution in [0.1, 0.15) is 24.5 Å². The van der Waals surface area contributed by atoms with Crippen LogP contribution in [0, 0.1) is 0 Å². The molecule has 2 aromatic rings. The standard InChI is InChI=1S/C18H19ClF3N3O2/c1-2-27-11-12-4-3-5-14(8-12)25-16(26)6-7-23-17-15(19)9-13(10-24-17)18(20,21)22/h3-5,8-10H,2,6-7,11H2,1H3,(H,23,24)(H,25,26). The van der Waals surface area contributed by atoms with Gasteiger partial charge in [0.05, 0.1) is 17.2 Å². The normalized spacial score (nSPS) is 11.3. The molecule has 2 N–H and O–H groups in total. The molecule has 0 atom stereocenters. The van der Waals surface area contributed by atoms with Crippen molar-refractivity contribution < 1.29 is 22.7 Å². The highest BCUT2D eigenvalue weighted by molar-refractivity contribution is 6.33. The SMILES string of the molecule is CCOCc1cccc(NC(=O)CCNc2ncc(C(F)(F)F)cc2Cl)c1. The second-order valence-electron chi connectivity index (χ2n) is 5.61. The maximum absolute atomic E-state index is 12.6. The van der Waals surface area contributed by atoms with Crippen LogP contribution in [0.3, 0.4) is 0 Å². The number of carbonyl (C=O) groups excluding carboxylic acids is 1. The first-order valence-electron chi connectivity index (χ1n) is 8.22. The molecule has 1 aromatic heterocycles. The molecule has 0 saturated carbocycles. The molecular weight excluding hydrogens is 383 g/mol. The Morgan fingerprint density at radius 1 is 1.30 bits per heavy atom. The number of benzene rings is 1. The third-order valence-corrected chi connectivity index (χ3v) is 3.78. The van der Waals surface area contributed by atoms with Crippen LogP contribution in [0.2, 0.25) is 5.02 Å². The van der Waals surface area contributed by atoms with Crippen molar-refractivity contribution in [1.29, 1.82) is 0 Å². The number of nitrogens with zero attached hydrogens (tertiary/aromatic N) is 1. The number of pyridine rings is 1. The number of amides is 1. The Morgan fingerprint density at radius 3 is 2.74 bits per heavy atom. The fraction of sp³-hybridized carbons (Fsp3) is 0.333. The van der Waals surface area contributed by atoms with Gasteiger partial charge in [-0.3, -0.25) is 4.79 Å². The van der Waals surface area contributed by atoms with Crippen LogP contribution >= 0.6 is 11.6 Å². The van der Waals surface area contributed by atoms with Crippen LogP contribution in [0.25, 0.3) is 0 Å². The number of hydrogen-bond donors (Lipinski definition) is 2. The Bertz CT molecular complexity index is 785. The van der Waals surface area contributed by atoms with Crippen molar-refractivity contribution in [3.8, 4) is 0 Å². The molecule has 2 rings (SSSR count). The number of rotatable bonds is 8. The van der Waals surface area contributed by atoms with Crippen molar-refractivity contribution in [2.24, 2.45) is 0 Å². The summed E-state index contributed by atoms with van der Waals surface area (Å²) in [6.45, 7) is 3.13. The van der Waals surface area contributed by atoms with Gasteiger partial charge in [0.1, 0.15) is 5.82 Å². The Balaban J connectivity index is 1.84. The minimum absolute atomic E-state index is 0.0920. The second-order valence-corrected chi connectivity index (χ2v) is 6.02. The van der Waals surface area contributed by atoms with Crippen molar-refractivity contribution in [3.63, 3.8) is 0 Å². The summed E-state index contributed by atoms with van der Waals surface area (Å²) in [6.07, 6.45) is -3.72. The quantitative estimate of drug-likeness (QED) is 0.671. The minimum Gasteiger partial charge on any atom is -0.377 e. The molecule has 0 fully saturated rings. The molecule has 5 nitrogen and oxygen atoms in total. The van der Waals surface area contributed by atoms with E-state index in [4.69, 9.17) is 16.3 Å². The summed E-state index contributed by atoms with van der Waals surface area (Å²) in [5, 5.41) is 5.35. The van der Waals surface area contributed by atoms with Gasteiger partial charge in [-0.1, -0.05) is 23.7 Å². The molecule has 9 heteroatoms. The van der Waals surface area contributed by atoms with Gasteiger partial charge in [0.25, 0.3) is 0 Å². The van der Waals surface area contributed by atoms with Crippen LogP contribution in [0.15, 0.2) is 36.5 Å². The van der Waals surface area contributed by atoms with Gasteiger partial charge >= 0.3 is 6.18 Å². The minimum atomic E-state index is -4.51. The lowest BCUT2D eigenvalue weighted by Crippen LogP contribution is -2.17. The van der Waals surface area contributed by atoms with E-state index in [1.165, 1.54) is 0 Å². The Kier molecular flexibility index (Phi) is 7.44. The maximum atomic E-state index is 12.6. The molecule has 0 aliphatic rings. The number of alkyl halides is 3. The lowest BCUT2D eigenvalue weighted by molar-refractivity contribution is -0.137. The number of hydrogen-bond acceptors (Lipinski definition) is 4. The fourth-order valence-electron chi connectivity index (χ4n) is 2.20. The number of ether oxygens (including phenoxy) is 1. The fourth-order valence-corrected chi connectivity index (χ4v) is 2.43. The van der Waals surface area contributed by atoms with Crippen molar-refractivity contribution in [2.75, 3.05) is 23.8 Å². The third kappa shape index (κ3) is 6.73. The first-order chi connectivity index (χ1) is 12.8. The van der Waals surface area contributed by atoms with Gasteiger partial charge in [-0.25, -0.2) is 4.98 Å². The smallest absolute Gasteiger partial charge is 0.377 e. The van der Waals surface area contributed by atoms with Crippen LogP contribution in [-0.4, -0.2) is 24.0 Å². The number of halogens is 4. The molecule has 0 unspecified atom stereocenters. The van der Waals surface area contributed by atoms with Crippen LogP contribution in [0.5, 0.6) is 0 Å². The number of nitrogens with one attached hydrogen (secondary N) is 2. The monoisotopic (exact) mass is 401 g/mol. The lowest BCUT2D eigenvalue weighted by Gasteiger charge is -2.11. The zero-order chi connectivity index (χ0) is 19.9. The molecule has 27 heavy (non-hydrogen) atoms. The Labute approximate surface area is 159 Å². The van der Waals surface area contributed by atoms with E-state index in [0.717, 1.165) is 11.6 Å². The summed E-state index contributed by atoms with van der Waals surface area (Å²) in [6, 6.07) is 8.07. The van der Waals surface area contributed by atoms with E-state index in [-0.39, 0.29) is 29.7 Å². The lowest BCUT2D eigenvalue weighted by atomic mass is 10.2. The number of anilines is 2. The number of aromatic nitrogens is 1. The molecule has 0 aliphatic carbocycles.